The van der Waals surface area contributed by atoms with Crippen molar-refractivity contribution < 1.29 is 33.7 Å². The zero-order valence-electron chi connectivity index (χ0n) is 22.1. The third-order valence-corrected chi connectivity index (χ3v) is 6.41. The van der Waals surface area contributed by atoms with Gasteiger partial charge < -0.3 is 9.40 Å². The standard InChI is InChI=1S/C18H16N3O.C14H14N.Ir/c1-2-3-9-20-10-11-21(13-20)14-6-7-15-16-5-4-8-19-18(16)22-17(15)12-14;1-10-4-6-13(7-5-10)14-8-11(2)12(3)9-15-14;/h4-8,10-11H,2-3,9H2,1H3;4-6,8-9H,1-3H3;/q+1;-1;. The van der Waals surface area contributed by atoms with Crippen LogP contribution < -0.4 is 0 Å². The molecule has 0 atom stereocenters. The van der Waals surface area contributed by atoms with E-state index in [1.807, 2.05) is 47.4 Å². The van der Waals surface area contributed by atoms with Crippen molar-refractivity contribution in [2.24, 2.45) is 0 Å². The Morgan fingerprint density at radius 3 is 2.61 bits per heavy atom. The van der Waals surface area contributed by atoms with Crippen molar-refractivity contribution in [3.8, 4) is 11.3 Å². The molecule has 0 saturated carbocycles. The average molecular weight is 679 g/mol. The maximum absolute atomic E-state index is 5.79. The molecular weight excluding hydrogens is 649 g/mol. The fourth-order valence-corrected chi connectivity index (χ4v) is 4.04. The van der Waals surface area contributed by atoms with Gasteiger partial charge in [-0.05, 0) is 36.6 Å². The molecular formula is C32H30IrN4O. The van der Waals surface area contributed by atoms with E-state index >= 15 is 0 Å². The zero-order chi connectivity index (χ0) is 25.8. The van der Waals surface area contributed by atoms with Gasteiger partial charge >= 0.3 is 6.01 Å². The molecule has 6 heteroatoms. The first-order chi connectivity index (χ1) is 18.0. The zero-order valence-corrected chi connectivity index (χ0v) is 24.5. The predicted octanol–water partition coefficient (Wildman–Crippen LogP) is 7.37. The molecule has 0 bridgehead atoms. The van der Waals surface area contributed by atoms with E-state index in [4.69, 9.17) is 4.42 Å². The molecule has 3 aromatic heterocycles. The molecule has 1 radical (unpaired) electrons. The molecule has 0 unspecified atom stereocenters. The molecule has 5 nitrogen and oxygen atoms in total. The van der Waals surface area contributed by atoms with E-state index in [9.17, 15) is 0 Å². The molecule has 38 heavy (non-hydrogen) atoms. The van der Waals surface area contributed by atoms with Crippen molar-refractivity contribution >= 4 is 33.8 Å². The van der Waals surface area contributed by atoms with Gasteiger partial charge in [-0.3, -0.25) is 0 Å². The topological polar surface area (TPSA) is 44.9 Å². The Morgan fingerprint density at radius 1 is 0.974 bits per heavy atom. The minimum absolute atomic E-state index is 0. The Bertz CT molecular complexity index is 1680. The molecule has 0 fully saturated rings. The van der Waals surface area contributed by atoms with Gasteiger partial charge in [-0.1, -0.05) is 64.6 Å². The smallest absolute Gasteiger partial charge is 0.465 e. The van der Waals surface area contributed by atoms with Crippen LogP contribution in [0.25, 0.3) is 33.3 Å². The van der Waals surface area contributed by atoms with Gasteiger partial charge in [0.1, 0.15) is 5.69 Å². The first-order valence-corrected chi connectivity index (χ1v) is 12.6. The Hall–Kier alpha value is -3.69. The van der Waals surface area contributed by atoms with Crippen molar-refractivity contribution in [2.45, 2.75) is 40.5 Å². The summed E-state index contributed by atoms with van der Waals surface area (Å²) in [5.74, 6) is 0. The first kappa shape index (κ1) is 27.3. The van der Waals surface area contributed by atoms with Gasteiger partial charge in [0.25, 0.3) is 6.20 Å². The van der Waals surface area contributed by atoms with E-state index in [0.717, 1.165) is 46.3 Å². The van der Waals surface area contributed by atoms with Crippen LogP contribution in [0.4, 0.5) is 5.69 Å². The molecule has 4 heterocycles. The number of hydrogen-bond donors (Lipinski definition) is 0. The minimum Gasteiger partial charge on any atom is -0.465 e. The quantitative estimate of drug-likeness (QED) is 0.144. The molecule has 6 rings (SSSR count). The first-order valence-electron chi connectivity index (χ1n) is 12.6. The monoisotopic (exact) mass is 679 g/mol. The summed E-state index contributed by atoms with van der Waals surface area (Å²) < 4.78 is 9.80. The second-order valence-corrected chi connectivity index (χ2v) is 9.29. The van der Waals surface area contributed by atoms with Crippen LogP contribution in [-0.2, 0) is 20.1 Å². The minimum atomic E-state index is 0. The van der Waals surface area contributed by atoms with Crippen LogP contribution in [0.5, 0.6) is 0 Å². The molecule has 0 amide bonds. The maximum Gasteiger partial charge on any atom is 0.493 e. The number of rotatable bonds is 5. The summed E-state index contributed by atoms with van der Waals surface area (Å²) in [7, 11) is 0. The van der Waals surface area contributed by atoms with Gasteiger partial charge in [-0.2, -0.15) is 6.07 Å². The third kappa shape index (κ3) is 6.06. The molecule has 5 aromatic rings. The van der Waals surface area contributed by atoms with Crippen LogP contribution in [0, 0.1) is 32.9 Å². The normalized spacial score (nSPS) is 12.1. The summed E-state index contributed by atoms with van der Waals surface area (Å²) in [6.07, 6.45) is 10.0. The Morgan fingerprint density at radius 2 is 1.84 bits per heavy atom. The van der Waals surface area contributed by atoms with Crippen molar-refractivity contribution in [3.63, 3.8) is 0 Å². The number of benzene rings is 2. The number of aromatic nitrogens is 2. The van der Waals surface area contributed by atoms with E-state index in [0.29, 0.717) is 5.71 Å². The second-order valence-electron chi connectivity index (χ2n) is 9.29. The van der Waals surface area contributed by atoms with Crippen molar-refractivity contribution in [1.82, 2.24) is 9.97 Å². The maximum atomic E-state index is 5.79. The molecule has 0 aliphatic carbocycles. The molecule has 0 saturated heterocycles. The molecule has 0 spiro atoms. The van der Waals surface area contributed by atoms with E-state index in [-0.39, 0.29) is 20.1 Å². The summed E-state index contributed by atoms with van der Waals surface area (Å²) in [5.41, 5.74) is 8.08. The van der Waals surface area contributed by atoms with E-state index in [1.54, 1.807) is 6.20 Å². The number of furan rings is 1. The molecule has 1 aliphatic rings. The second kappa shape index (κ2) is 12.2. The molecule has 1 aliphatic heterocycles. The van der Waals surface area contributed by atoms with Crippen LogP contribution in [0.2, 0.25) is 0 Å². The summed E-state index contributed by atoms with van der Waals surface area (Å²) in [6.45, 7) is 9.42. The summed E-state index contributed by atoms with van der Waals surface area (Å²) >= 11 is 0. The fourth-order valence-electron chi connectivity index (χ4n) is 4.04. The summed E-state index contributed by atoms with van der Waals surface area (Å²) in [5, 5.41) is 2.06. The van der Waals surface area contributed by atoms with Gasteiger partial charge in [0.2, 0.25) is 11.9 Å². The van der Waals surface area contributed by atoms with Crippen LogP contribution in [0.15, 0.2) is 77.7 Å². The van der Waals surface area contributed by atoms with Gasteiger partial charge in [-0.15, -0.1) is 35.4 Å². The van der Waals surface area contributed by atoms with Gasteiger partial charge in [0, 0.05) is 44.5 Å². The van der Waals surface area contributed by atoms with Gasteiger partial charge in [0.05, 0.1) is 0 Å². The van der Waals surface area contributed by atoms with Crippen molar-refractivity contribution in [3.05, 3.63) is 102 Å². The number of pyridine rings is 2. The Labute approximate surface area is 237 Å². The molecule has 193 valence electrons. The van der Waals surface area contributed by atoms with Crippen LogP contribution in [0.1, 0.15) is 36.5 Å². The number of hydrogen-bond acceptors (Lipinski definition) is 3. The number of fused-ring (bicyclic) bond motifs is 3. The largest absolute Gasteiger partial charge is 0.493 e. The SMILES string of the molecule is CCCC[N+]1=C=[N+](c2[c-]c3oc4ncccc4c3cc2)C=C1.Cc1c[c-]c(-c2cc(C)c(C)cn2)cc1.[Ir]. The predicted molar refractivity (Wildman–Crippen MR) is 147 cm³/mol. The van der Waals surface area contributed by atoms with Gasteiger partial charge in [-0.25, -0.2) is 4.98 Å². The van der Waals surface area contributed by atoms with E-state index < -0.39 is 0 Å². The molecule has 2 aromatic carbocycles. The Balaban J connectivity index is 0.000000185. The summed E-state index contributed by atoms with van der Waals surface area (Å²) in [6, 6.07) is 26.1. The van der Waals surface area contributed by atoms with Crippen LogP contribution in [-0.4, -0.2) is 31.7 Å². The average Bonchev–Trinajstić information content (AvgIpc) is 3.54. The van der Waals surface area contributed by atoms with Gasteiger partial charge in [0.15, 0.2) is 6.54 Å². The van der Waals surface area contributed by atoms with Crippen LogP contribution in [0.3, 0.4) is 0 Å². The van der Waals surface area contributed by atoms with E-state index in [1.165, 1.54) is 23.1 Å². The number of aryl methyl sites for hydroxylation is 3. The van der Waals surface area contributed by atoms with Crippen molar-refractivity contribution in [2.75, 3.05) is 6.54 Å². The summed E-state index contributed by atoms with van der Waals surface area (Å²) in [4.78, 5) is 8.66. The number of nitrogens with zero attached hydrogens (tertiary/aromatic N) is 4. The van der Waals surface area contributed by atoms with E-state index in [2.05, 4.69) is 84.6 Å². The third-order valence-electron chi connectivity index (χ3n) is 6.41. The Kier molecular flexibility index (Phi) is 8.81. The molecule has 0 N–H and O–H groups in total. The van der Waals surface area contributed by atoms with Crippen LogP contribution >= 0.6 is 0 Å². The fraction of sp³-hybridized carbons (Fsp3) is 0.219. The van der Waals surface area contributed by atoms with Crippen molar-refractivity contribution in [1.29, 1.82) is 0 Å². The number of unbranched alkanes of at least 4 members (excludes halogenated alkanes) is 1.